The monoisotopic (exact) mass is 290 g/mol. The van der Waals surface area contributed by atoms with Crippen molar-refractivity contribution in [3.63, 3.8) is 0 Å². The number of ether oxygens (including phenoxy) is 1. The zero-order chi connectivity index (χ0) is 15.1. The number of rotatable bonds is 8. The minimum absolute atomic E-state index is 0.138. The fourth-order valence-electron chi connectivity index (χ4n) is 2.40. The van der Waals surface area contributed by atoms with Crippen molar-refractivity contribution >= 4 is 0 Å². The Bertz CT molecular complexity index is 553. The fraction of sp³-hybridized carbons (Fsp3) is 0.412. The Kier molecular flexibility index (Phi) is 5.96. The summed E-state index contributed by atoms with van der Waals surface area (Å²) in [7, 11) is 3.74. The zero-order valence-electron chi connectivity index (χ0n) is 12.8. The highest BCUT2D eigenvalue weighted by Gasteiger charge is 2.11. The Hall–Kier alpha value is -1.65. The van der Waals surface area contributed by atoms with E-state index in [2.05, 4.69) is 15.5 Å². The standard InChI is InChI=1S/C17H23FN2O/c1-19-10-5-8-16(19)14-20(11-6-12-21-2)13-15-7-3-4-9-17(15)18/h3-5,7-10H,6,11-14H2,1-2H3. The molecule has 0 aliphatic rings. The molecule has 0 saturated heterocycles. The van der Waals surface area contributed by atoms with Crippen LogP contribution in [0.25, 0.3) is 0 Å². The van der Waals surface area contributed by atoms with Gasteiger partial charge in [-0.05, 0) is 24.6 Å². The number of nitrogens with zero attached hydrogens (tertiary/aromatic N) is 2. The Balaban J connectivity index is 2.04. The Labute approximate surface area is 126 Å². The fourth-order valence-corrected chi connectivity index (χ4v) is 2.40. The van der Waals surface area contributed by atoms with Crippen LogP contribution in [0.5, 0.6) is 0 Å². The molecule has 4 heteroatoms. The summed E-state index contributed by atoms with van der Waals surface area (Å²) in [5.41, 5.74) is 1.97. The zero-order valence-corrected chi connectivity index (χ0v) is 12.8. The molecule has 0 spiro atoms. The van der Waals surface area contributed by atoms with Gasteiger partial charge in [0, 0.05) is 57.9 Å². The van der Waals surface area contributed by atoms with E-state index in [4.69, 9.17) is 4.74 Å². The molecule has 1 aromatic heterocycles. The first kappa shape index (κ1) is 15.7. The highest BCUT2D eigenvalue weighted by molar-refractivity contribution is 5.17. The van der Waals surface area contributed by atoms with Gasteiger partial charge in [-0.25, -0.2) is 4.39 Å². The molecule has 1 aromatic carbocycles. The van der Waals surface area contributed by atoms with E-state index in [1.165, 1.54) is 11.8 Å². The molecular formula is C17H23FN2O. The highest BCUT2D eigenvalue weighted by Crippen LogP contribution is 2.13. The summed E-state index contributed by atoms with van der Waals surface area (Å²) in [6.45, 7) is 3.03. The number of hydrogen-bond donors (Lipinski definition) is 0. The number of aromatic nitrogens is 1. The number of methoxy groups -OCH3 is 1. The van der Waals surface area contributed by atoms with Crippen LogP contribution in [-0.2, 0) is 24.9 Å². The lowest BCUT2D eigenvalue weighted by atomic mass is 10.2. The topological polar surface area (TPSA) is 17.4 Å². The molecule has 0 saturated carbocycles. The lowest BCUT2D eigenvalue weighted by Crippen LogP contribution is -2.26. The van der Waals surface area contributed by atoms with E-state index in [9.17, 15) is 4.39 Å². The molecule has 0 amide bonds. The predicted molar refractivity (Wildman–Crippen MR) is 82.4 cm³/mol. The predicted octanol–water partition coefficient (Wildman–Crippen LogP) is 3.20. The van der Waals surface area contributed by atoms with Gasteiger partial charge in [-0.1, -0.05) is 18.2 Å². The maximum Gasteiger partial charge on any atom is 0.127 e. The van der Waals surface area contributed by atoms with Crippen LogP contribution in [-0.4, -0.2) is 29.7 Å². The molecular weight excluding hydrogens is 267 g/mol. The molecule has 0 bridgehead atoms. The quantitative estimate of drug-likeness (QED) is 0.695. The van der Waals surface area contributed by atoms with Crippen molar-refractivity contribution < 1.29 is 9.13 Å². The third-order valence-corrected chi connectivity index (χ3v) is 3.61. The summed E-state index contributed by atoms with van der Waals surface area (Å²) in [5.74, 6) is -0.138. The van der Waals surface area contributed by atoms with Crippen molar-refractivity contribution in [1.82, 2.24) is 9.47 Å². The second-order valence-electron chi connectivity index (χ2n) is 5.26. The minimum atomic E-state index is -0.138. The molecule has 114 valence electrons. The molecule has 2 rings (SSSR count). The van der Waals surface area contributed by atoms with Crippen LogP contribution < -0.4 is 0 Å². The van der Waals surface area contributed by atoms with Crippen LogP contribution in [0.1, 0.15) is 17.7 Å². The van der Waals surface area contributed by atoms with Gasteiger partial charge in [0.25, 0.3) is 0 Å². The van der Waals surface area contributed by atoms with E-state index in [0.717, 1.165) is 31.7 Å². The first-order valence-corrected chi connectivity index (χ1v) is 7.25. The minimum Gasteiger partial charge on any atom is -0.385 e. The Morgan fingerprint density at radius 2 is 1.95 bits per heavy atom. The van der Waals surface area contributed by atoms with Crippen LogP contribution in [0.3, 0.4) is 0 Å². The van der Waals surface area contributed by atoms with Crippen molar-refractivity contribution in [1.29, 1.82) is 0 Å². The summed E-state index contributed by atoms with van der Waals surface area (Å²) < 4.78 is 21.1. The summed E-state index contributed by atoms with van der Waals surface area (Å²) in [5, 5.41) is 0. The number of benzene rings is 1. The average molecular weight is 290 g/mol. The molecule has 0 fully saturated rings. The molecule has 0 aliphatic heterocycles. The van der Waals surface area contributed by atoms with Crippen LogP contribution in [0.15, 0.2) is 42.6 Å². The molecule has 2 aromatic rings. The first-order chi connectivity index (χ1) is 10.2. The lowest BCUT2D eigenvalue weighted by molar-refractivity contribution is 0.165. The van der Waals surface area contributed by atoms with Crippen LogP contribution >= 0.6 is 0 Å². The van der Waals surface area contributed by atoms with Gasteiger partial charge >= 0.3 is 0 Å². The van der Waals surface area contributed by atoms with Crippen LogP contribution in [0.2, 0.25) is 0 Å². The maximum absolute atomic E-state index is 13.8. The third-order valence-electron chi connectivity index (χ3n) is 3.61. The van der Waals surface area contributed by atoms with Crippen LogP contribution in [0, 0.1) is 5.82 Å². The molecule has 3 nitrogen and oxygen atoms in total. The Morgan fingerprint density at radius 3 is 2.62 bits per heavy atom. The molecule has 1 heterocycles. The van der Waals surface area contributed by atoms with Gasteiger partial charge < -0.3 is 9.30 Å². The van der Waals surface area contributed by atoms with Gasteiger partial charge in [0.15, 0.2) is 0 Å². The smallest absolute Gasteiger partial charge is 0.127 e. The second kappa shape index (κ2) is 7.96. The van der Waals surface area contributed by atoms with Crippen molar-refractivity contribution in [2.24, 2.45) is 7.05 Å². The molecule has 0 N–H and O–H groups in total. The van der Waals surface area contributed by atoms with Gasteiger partial charge in [-0.3, -0.25) is 4.90 Å². The van der Waals surface area contributed by atoms with Crippen molar-refractivity contribution in [2.75, 3.05) is 20.3 Å². The summed E-state index contributed by atoms with van der Waals surface area (Å²) in [6, 6.07) is 11.1. The molecule has 0 unspecified atom stereocenters. The third kappa shape index (κ3) is 4.69. The first-order valence-electron chi connectivity index (χ1n) is 7.25. The van der Waals surface area contributed by atoms with E-state index in [0.29, 0.717) is 6.54 Å². The lowest BCUT2D eigenvalue weighted by Gasteiger charge is -2.23. The Morgan fingerprint density at radius 1 is 1.14 bits per heavy atom. The van der Waals surface area contributed by atoms with Gasteiger partial charge in [0.1, 0.15) is 5.82 Å². The summed E-state index contributed by atoms with van der Waals surface area (Å²) >= 11 is 0. The number of hydrogen-bond acceptors (Lipinski definition) is 2. The van der Waals surface area contributed by atoms with E-state index in [-0.39, 0.29) is 5.82 Å². The molecule has 0 aliphatic carbocycles. The van der Waals surface area contributed by atoms with E-state index < -0.39 is 0 Å². The van der Waals surface area contributed by atoms with Crippen LogP contribution in [0.4, 0.5) is 4.39 Å². The van der Waals surface area contributed by atoms with Crippen molar-refractivity contribution in [2.45, 2.75) is 19.5 Å². The average Bonchev–Trinajstić information content (AvgIpc) is 2.87. The second-order valence-corrected chi connectivity index (χ2v) is 5.26. The van der Waals surface area contributed by atoms with Gasteiger partial charge in [-0.15, -0.1) is 0 Å². The van der Waals surface area contributed by atoms with Gasteiger partial charge in [-0.2, -0.15) is 0 Å². The largest absolute Gasteiger partial charge is 0.385 e. The van der Waals surface area contributed by atoms with E-state index in [1.54, 1.807) is 13.2 Å². The van der Waals surface area contributed by atoms with Crippen molar-refractivity contribution in [3.05, 3.63) is 59.7 Å². The van der Waals surface area contributed by atoms with Gasteiger partial charge in [0.05, 0.1) is 0 Å². The molecule has 0 atom stereocenters. The highest BCUT2D eigenvalue weighted by atomic mass is 19.1. The summed E-state index contributed by atoms with van der Waals surface area (Å²) in [4.78, 5) is 2.26. The van der Waals surface area contributed by atoms with E-state index >= 15 is 0 Å². The summed E-state index contributed by atoms with van der Waals surface area (Å²) in [6.07, 6.45) is 2.97. The molecule has 21 heavy (non-hydrogen) atoms. The molecule has 0 radical (unpaired) electrons. The van der Waals surface area contributed by atoms with Gasteiger partial charge in [0.2, 0.25) is 0 Å². The maximum atomic E-state index is 13.8. The number of aryl methyl sites for hydroxylation is 1. The SMILES string of the molecule is COCCCN(Cc1ccccc1F)Cc1cccn1C. The van der Waals surface area contributed by atoms with E-state index in [1.807, 2.05) is 31.4 Å². The normalized spacial score (nSPS) is 11.2. The van der Waals surface area contributed by atoms with Crippen molar-refractivity contribution in [3.8, 4) is 0 Å². The number of halogens is 1.